The zero-order valence-corrected chi connectivity index (χ0v) is 23.2. The van der Waals surface area contributed by atoms with Gasteiger partial charge in [0.25, 0.3) is 11.8 Å². The Morgan fingerprint density at radius 2 is 1.25 bits per heavy atom. The van der Waals surface area contributed by atoms with E-state index in [1.165, 1.54) is 0 Å². The van der Waals surface area contributed by atoms with Gasteiger partial charge in [-0.1, -0.05) is 51.5 Å². The second-order valence-electron chi connectivity index (χ2n) is 9.64. The Labute approximate surface area is 227 Å². The fourth-order valence-electron chi connectivity index (χ4n) is 2.92. The number of ether oxygens (including phenoxy) is 2. The minimum Gasteiger partial charge on any atom is -0.460 e. The number of esters is 1. The maximum Gasteiger partial charge on any atom is 0.408 e. The molecule has 10 nitrogen and oxygen atoms in total. The minimum absolute atomic E-state index is 0.120. The number of nitrogens with zero attached hydrogens (tertiary/aromatic N) is 1. The lowest BCUT2D eigenvalue weighted by molar-refractivity contribution is -0.171. The van der Waals surface area contributed by atoms with Crippen molar-refractivity contribution < 1.29 is 38.3 Å². The third-order valence-electron chi connectivity index (χ3n) is 4.28. The molecule has 198 valence electrons. The van der Waals surface area contributed by atoms with E-state index in [1.54, 1.807) is 41.5 Å². The van der Waals surface area contributed by atoms with Crippen molar-refractivity contribution in [2.45, 2.75) is 71.6 Å². The van der Waals surface area contributed by atoms with Crippen LogP contribution in [0, 0.1) is 0 Å². The molecule has 1 atom stereocenters. The summed E-state index contributed by atoms with van der Waals surface area (Å²) in [6.07, 6.45) is -1.60. The Balaban J connectivity index is 2.27. The number of halogens is 4. The van der Waals surface area contributed by atoms with Gasteiger partial charge in [0, 0.05) is 6.42 Å². The molecule has 1 heterocycles. The molecular weight excluding hydrogens is 562 g/mol. The molecule has 1 unspecified atom stereocenters. The quantitative estimate of drug-likeness (QED) is 0.204. The number of imide groups is 1. The molecule has 0 aliphatic carbocycles. The van der Waals surface area contributed by atoms with Gasteiger partial charge in [0.15, 0.2) is 0 Å². The van der Waals surface area contributed by atoms with E-state index < -0.39 is 58.2 Å². The fraction of sp³-hybridized carbons (Fsp3) is 0.500. The molecule has 0 bridgehead atoms. The monoisotopic (exact) mass is 584 g/mol. The van der Waals surface area contributed by atoms with Crippen molar-refractivity contribution in [3.05, 3.63) is 31.2 Å². The predicted molar refractivity (Wildman–Crippen MR) is 131 cm³/mol. The highest BCUT2D eigenvalue weighted by Crippen LogP contribution is 2.44. The Morgan fingerprint density at radius 1 is 0.806 bits per heavy atom. The van der Waals surface area contributed by atoms with Crippen LogP contribution in [0.15, 0.2) is 0 Å². The summed E-state index contributed by atoms with van der Waals surface area (Å²) >= 11 is 24.1. The molecule has 1 aliphatic rings. The zero-order valence-electron chi connectivity index (χ0n) is 20.2. The first-order valence-electron chi connectivity index (χ1n) is 10.5. The van der Waals surface area contributed by atoms with Crippen LogP contribution in [0.25, 0.3) is 0 Å². The van der Waals surface area contributed by atoms with Gasteiger partial charge in [0.1, 0.15) is 17.2 Å². The van der Waals surface area contributed by atoms with Gasteiger partial charge in [-0.25, -0.2) is 9.59 Å². The van der Waals surface area contributed by atoms with Crippen LogP contribution in [0.3, 0.4) is 0 Å². The molecule has 14 heteroatoms. The molecular formula is C22H24Cl4N2O8. The van der Waals surface area contributed by atoms with Crippen LogP contribution in [0.2, 0.25) is 20.1 Å². The molecule has 0 saturated heterocycles. The second-order valence-corrected chi connectivity index (χ2v) is 11.2. The highest BCUT2D eigenvalue weighted by molar-refractivity contribution is 6.55. The van der Waals surface area contributed by atoms with Crippen molar-refractivity contribution in [1.29, 1.82) is 0 Å². The summed E-state index contributed by atoms with van der Waals surface area (Å²) in [4.78, 5) is 68.0. The lowest BCUT2D eigenvalue weighted by atomic mass is 10.1. The number of benzene rings is 1. The van der Waals surface area contributed by atoms with E-state index in [9.17, 15) is 24.0 Å². The molecule has 1 aromatic rings. The van der Waals surface area contributed by atoms with Crippen LogP contribution in [-0.2, 0) is 23.9 Å². The summed E-state index contributed by atoms with van der Waals surface area (Å²) in [7, 11) is 0. The first-order chi connectivity index (χ1) is 16.3. The average molecular weight is 586 g/mol. The van der Waals surface area contributed by atoms with E-state index >= 15 is 0 Å². The van der Waals surface area contributed by atoms with Gasteiger partial charge < -0.3 is 19.6 Å². The van der Waals surface area contributed by atoms with Gasteiger partial charge in [0.2, 0.25) is 0 Å². The predicted octanol–water partition coefficient (Wildman–Crippen LogP) is 5.37. The van der Waals surface area contributed by atoms with Crippen LogP contribution in [0.4, 0.5) is 4.79 Å². The van der Waals surface area contributed by atoms with E-state index in [0.717, 1.165) is 0 Å². The summed E-state index contributed by atoms with van der Waals surface area (Å²) < 4.78 is 10.3. The lowest BCUT2D eigenvalue weighted by Gasteiger charge is -2.24. The van der Waals surface area contributed by atoms with E-state index in [0.29, 0.717) is 0 Å². The summed E-state index contributed by atoms with van der Waals surface area (Å²) in [6, 6.07) is -1.50. The summed E-state index contributed by atoms with van der Waals surface area (Å²) in [5.41, 5.74) is -2.50. The van der Waals surface area contributed by atoms with Crippen molar-refractivity contribution >= 4 is 76.2 Å². The third kappa shape index (κ3) is 7.15. The van der Waals surface area contributed by atoms with Crippen molar-refractivity contribution in [3.63, 3.8) is 0 Å². The number of rotatable bonds is 6. The molecule has 0 saturated carbocycles. The minimum atomic E-state index is -1.50. The Kier molecular flexibility index (Phi) is 9.15. The maximum absolute atomic E-state index is 12.9. The number of nitrogens with one attached hydrogen (secondary N) is 1. The molecule has 1 aliphatic heterocycles. The SMILES string of the molecule is CC(C)(C)OC(=O)CCC(NC(=O)OC(C)(C)C)C(=O)ON1C(=O)c2c(Cl)c(Cl)c(Cl)c(Cl)c2C1=O. The number of carbonyl (C=O) groups is 5. The number of fused-ring (bicyclic) bond motifs is 1. The van der Waals surface area contributed by atoms with Crippen LogP contribution in [0.5, 0.6) is 0 Å². The Bertz CT molecular complexity index is 1080. The molecule has 36 heavy (non-hydrogen) atoms. The number of hydrogen-bond donors (Lipinski definition) is 1. The molecule has 1 aromatic carbocycles. The average Bonchev–Trinajstić information content (AvgIpc) is 2.95. The topological polar surface area (TPSA) is 128 Å². The normalized spacial score (nSPS) is 14.3. The highest BCUT2D eigenvalue weighted by Gasteiger charge is 2.45. The first-order valence-corrected chi connectivity index (χ1v) is 12.0. The van der Waals surface area contributed by atoms with Gasteiger partial charge in [-0.15, -0.1) is 0 Å². The van der Waals surface area contributed by atoms with Crippen molar-refractivity contribution in [3.8, 4) is 0 Å². The van der Waals surface area contributed by atoms with Crippen LogP contribution in [0.1, 0.15) is 75.1 Å². The molecule has 3 amide bonds. The van der Waals surface area contributed by atoms with Gasteiger partial charge in [-0.2, -0.15) is 0 Å². The highest BCUT2D eigenvalue weighted by atomic mass is 35.5. The largest absolute Gasteiger partial charge is 0.460 e. The van der Waals surface area contributed by atoms with Gasteiger partial charge in [0.05, 0.1) is 31.2 Å². The van der Waals surface area contributed by atoms with E-state index in [2.05, 4.69) is 5.32 Å². The summed E-state index contributed by atoms with van der Waals surface area (Å²) in [5, 5.41) is 1.15. The molecule has 1 N–H and O–H groups in total. The van der Waals surface area contributed by atoms with E-state index in [1.807, 2.05) is 0 Å². The van der Waals surface area contributed by atoms with Crippen LogP contribution < -0.4 is 5.32 Å². The van der Waals surface area contributed by atoms with Gasteiger partial charge in [-0.05, 0) is 48.0 Å². The summed E-state index contributed by atoms with van der Waals surface area (Å²) in [5.74, 6) is -4.16. The first kappa shape index (κ1) is 30.0. The van der Waals surface area contributed by atoms with Crippen molar-refractivity contribution in [2.24, 2.45) is 0 Å². The smallest absolute Gasteiger partial charge is 0.408 e. The number of amides is 3. The molecule has 0 fully saturated rings. The molecule has 0 spiro atoms. The number of hydroxylamine groups is 2. The second kappa shape index (κ2) is 11.0. The van der Waals surface area contributed by atoms with E-state index in [4.69, 9.17) is 60.7 Å². The molecule has 2 rings (SSSR count). The molecule has 0 aromatic heterocycles. The van der Waals surface area contributed by atoms with Gasteiger partial charge >= 0.3 is 18.0 Å². The number of hydrogen-bond acceptors (Lipinski definition) is 8. The number of alkyl carbamates (subject to hydrolysis) is 1. The standard InChI is InChI=1S/C22H24Cl4N2O8/c1-21(2,3)34-10(29)8-7-9(27-20(33)35-22(4,5)6)19(32)36-28-17(30)11-12(18(28)31)14(24)16(26)15(25)13(11)23/h9H,7-8H2,1-6H3,(H,27,33). The fourth-order valence-corrected chi connectivity index (χ4v) is 3.93. The van der Waals surface area contributed by atoms with E-state index in [-0.39, 0.29) is 38.0 Å². The third-order valence-corrected chi connectivity index (χ3v) is 6.08. The Hall–Kier alpha value is -2.27. The lowest BCUT2D eigenvalue weighted by Crippen LogP contribution is -2.47. The summed E-state index contributed by atoms with van der Waals surface area (Å²) in [6.45, 7) is 9.78. The van der Waals surface area contributed by atoms with Crippen LogP contribution in [-0.4, -0.2) is 52.2 Å². The number of carbonyl (C=O) groups excluding carboxylic acids is 5. The molecule has 0 radical (unpaired) electrons. The van der Waals surface area contributed by atoms with Crippen molar-refractivity contribution in [2.75, 3.05) is 0 Å². The van der Waals surface area contributed by atoms with Crippen molar-refractivity contribution in [1.82, 2.24) is 10.4 Å². The maximum atomic E-state index is 12.9. The zero-order chi connectivity index (χ0) is 27.7. The van der Waals surface area contributed by atoms with Crippen LogP contribution >= 0.6 is 46.4 Å². The Morgan fingerprint density at radius 3 is 1.67 bits per heavy atom. The van der Waals surface area contributed by atoms with Gasteiger partial charge in [-0.3, -0.25) is 14.4 Å².